The molecular formula is C72H135NO5. The highest BCUT2D eigenvalue weighted by molar-refractivity contribution is 5.76. The highest BCUT2D eigenvalue weighted by Crippen LogP contribution is 2.18. The van der Waals surface area contributed by atoms with Gasteiger partial charge in [0.25, 0.3) is 0 Å². The summed E-state index contributed by atoms with van der Waals surface area (Å²) in [6, 6.07) is -0.630. The van der Waals surface area contributed by atoms with Gasteiger partial charge in [0, 0.05) is 12.8 Å². The number of esters is 1. The van der Waals surface area contributed by atoms with Crippen molar-refractivity contribution in [3.05, 3.63) is 48.6 Å². The van der Waals surface area contributed by atoms with Crippen LogP contribution in [0.15, 0.2) is 48.6 Å². The van der Waals surface area contributed by atoms with Gasteiger partial charge in [-0.2, -0.15) is 0 Å². The monoisotopic (exact) mass is 1090 g/mol. The van der Waals surface area contributed by atoms with Crippen LogP contribution in [0.2, 0.25) is 0 Å². The number of nitrogens with one attached hydrogen (secondary N) is 1. The van der Waals surface area contributed by atoms with Crippen molar-refractivity contribution in [3.8, 4) is 0 Å². The fourth-order valence-corrected chi connectivity index (χ4v) is 10.7. The third-order valence-corrected chi connectivity index (χ3v) is 16.1. The highest BCUT2D eigenvalue weighted by atomic mass is 16.5. The van der Waals surface area contributed by atoms with E-state index in [1.165, 1.54) is 295 Å². The van der Waals surface area contributed by atoms with Crippen LogP contribution in [0.25, 0.3) is 0 Å². The van der Waals surface area contributed by atoms with Crippen molar-refractivity contribution in [2.24, 2.45) is 0 Å². The predicted molar refractivity (Wildman–Crippen MR) is 342 cm³/mol. The number of allylic oxidation sites excluding steroid dienone is 7. The van der Waals surface area contributed by atoms with E-state index in [4.69, 9.17) is 4.74 Å². The molecule has 0 aromatic heterocycles. The molecule has 1 amide bonds. The van der Waals surface area contributed by atoms with Crippen molar-refractivity contribution in [3.63, 3.8) is 0 Å². The predicted octanol–water partition coefficient (Wildman–Crippen LogP) is 22.5. The maximum Gasteiger partial charge on any atom is 0.305 e. The van der Waals surface area contributed by atoms with Crippen LogP contribution in [-0.4, -0.2) is 47.4 Å². The van der Waals surface area contributed by atoms with E-state index < -0.39 is 12.1 Å². The van der Waals surface area contributed by atoms with Crippen molar-refractivity contribution in [1.29, 1.82) is 0 Å². The van der Waals surface area contributed by atoms with E-state index in [0.29, 0.717) is 19.4 Å². The number of carbonyl (C=O) groups excluding carboxylic acids is 2. The maximum atomic E-state index is 12.5. The fourth-order valence-electron chi connectivity index (χ4n) is 10.7. The van der Waals surface area contributed by atoms with Gasteiger partial charge in [0.15, 0.2) is 0 Å². The topological polar surface area (TPSA) is 95.9 Å². The smallest absolute Gasteiger partial charge is 0.305 e. The second-order valence-electron chi connectivity index (χ2n) is 23.9. The normalized spacial score (nSPS) is 12.8. The number of ether oxygens (including phenoxy) is 1. The molecule has 0 aliphatic carbocycles. The van der Waals surface area contributed by atoms with Gasteiger partial charge in [0.05, 0.1) is 25.4 Å². The molecule has 0 fully saturated rings. The third-order valence-electron chi connectivity index (χ3n) is 16.1. The van der Waals surface area contributed by atoms with Crippen LogP contribution < -0.4 is 5.32 Å². The molecule has 78 heavy (non-hydrogen) atoms. The zero-order valence-corrected chi connectivity index (χ0v) is 52.4. The lowest BCUT2D eigenvalue weighted by atomic mass is 10.0. The van der Waals surface area contributed by atoms with Crippen LogP contribution in [0.3, 0.4) is 0 Å². The molecule has 6 nitrogen and oxygen atoms in total. The molecule has 458 valence electrons. The summed E-state index contributed by atoms with van der Waals surface area (Å²) in [5.74, 6) is -0.0659. The first-order chi connectivity index (χ1) is 38.5. The SMILES string of the molecule is CCCC/C=C\C/C=C\CCCCCCCC(=O)OCCCCCCCCCCCCCC/C=C\CCCCCCCCCCCCCC(=O)NC(CO)C(O)/C=C/CCCCCCCCCCCCCCCCCCCC. The molecule has 0 heterocycles. The molecular weight excluding hydrogens is 959 g/mol. The minimum absolute atomic E-state index is 0.000130. The molecule has 0 saturated carbocycles. The average molecular weight is 1090 g/mol. The van der Waals surface area contributed by atoms with Gasteiger partial charge >= 0.3 is 5.97 Å². The summed E-state index contributed by atoms with van der Waals surface area (Å²) in [5.41, 5.74) is 0. The number of carbonyl (C=O) groups is 2. The molecule has 0 aliphatic rings. The van der Waals surface area contributed by atoms with Gasteiger partial charge in [-0.05, 0) is 83.5 Å². The highest BCUT2D eigenvalue weighted by Gasteiger charge is 2.18. The van der Waals surface area contributed by atoms with Gasteiger partial charge in [-0.25, -0.2) is 0 Å². The fraction of sp³-hybridized carbons (Fsp3) is 0.861. The van der Waals surface area contributed by atoms with Crippen molar-refractivity contribution < 1.29 is 24.5 Å². The quantitative estimate of drug-likeness (QED) is 0.0320. The van der Waals surface area contributed by atoms with Gasteiger partial charge in [-0.1, -0.05) is 326 Å². The number of hydrogen-bond acceptors (Lipinski definition) is 5. The molecule has 6 heteroatoms. The van der Waals surface area contributed by atoms with E-state index in [1.807, 2.05) is 6.08 Å². The molecule has 0 aromatic carbocycles. The Balaban J connectivity index is 3.42. The van der Waals surface area contributed by atoms with Crippen LogP contribution in [0.5, 0.6) is 0 Å². The minimum Gasteiger partial charge on any atom is -0.466 e. The number of aliphatic hydroxyl groups is 2. The third kappa shape index (κ3) is 63.0. The van der Waals surface area contributed by atoms with Gasteiger partial charge in [0.2, 0.25) is 5.91 Å². The summed E-state index contributed by atoms with van der Waals surface area (Å²) in [7, 11) is 0. The molecule has 0 aliphatic heterocycles. The van der Waals surface area contributed by atoms with Crippen LogP contribution in [0.1, 0.15) is 373 Å². The molecule has 0 aromatic rings. The van der Waals surface area contributed by atoms with Gasteiger partial charge in [-0.3, -0.25) is 9.59 Å². The first-order valence-corrected chi connectivity index (χ1v) is 34.9. The van der Waals surface area contributed by atoms with E-state index in [2.05, 4.69) is 55.6 Å². The van der Waals surface area contributed by atoms with Gasteiger partial charge < -0.3 is 20.3 Å². The molecule has 0 rings (SSSR count). The summed E-state index contributed by atoms with van der Waals surface area (Å²) in [6.45, 7) is 4.88. The first kappa shape index (κ1) is 75.8. The van der Waals surface area contributed by atoms with E-state index in [-0.39, 0.29) is 18.5 Å². The molecule has 0 radical (unpaired) electrons. The second kappa shape index (κ2) is 67.3. The number of hydrogen-bond donors (Lipinski definition) is 3. The maximum absolute atomic E-state index is 12.5. The Kier molecular flexibility index (Phi) is 65.4. The summed E-state index contributed by atoms with van der Waals surface area (Å²) in [5, 5.41) is 23.2. The Labute approximate surface area is 486 Å². The largest absolute Gasteiger partial charge is 0.466 e. The zero-order chi connectivity index (χ0) is 56.4. The Hall–Kier alpha value is -2.18. The van der Waals surface area contributed by atoms with E-state index in [0.717, 1.165) is 51.4 Å². The molecule has 0 bridgehead atoms. The summed E-state index contributed by atoms with van der Waals surface area (Å²) < 4.78 is 5.48. The number of amides is 1. The lowest BCUT2D eigenvalue weighted by molar-refractivity contribution is -0.143. The van der Waals surface area contributed by atoms with Crippen LogP contribution in [0, 0.1) is 0 Å². The molecule has 2 atom stereocenters. The van der Waals surface area contributed by atoms with Crippen molar-refractivity contribution in [2.45, 2.75) is 386 Å². The second-order valence-corrected chi connectivity index (χ2v) is 23.9. The lowest BCUT2D eigenvalue weighted by Gasteiger charge is -2.20. The molecule has 2 unspecified atom stereocenters. The van der Waals surface area contributed by atoms with E-state index >= 15 is 0 Å². The number of rotatable bonds is 65. The van der Waals surface area contributed by atoms with Gasteiger partial charge in [0.1, 0.15) is 0 Å². The Bertz CT molecular complexity index is 1310. The summed E-state index contributed by atoms with van der Waals surface area (Å²) in [6.07, 6.45) is 87.5. The lowest BCUT2D eigenvalue weighted by Crippen LogP contribution is -2.45. The standard InChI is InChI=1S/C72H135NO5/c1-3-5-7-9-11-13-15-17-19-20-21-31-34-37-40-44-48-52-56-60-64-70(75)69(68-74)73-71(76)65-61-57-53-49-45-41-38-35-32-29-27-25-23-22-24-26-28-30-33-36-39-43-47-51-55-59-63-67-78-72(77)66-62-58-54-50-46-42-18-16-14-12-10-8-6-4-2/h10,12,16,18,22-23,60,64,69-70,74-75H,3-9,11,13-15,17,19-21,24-59,61-63,65-68H2,1-2H3,(H,73,76)/b12-10-,18-16-,23-22-,64-60+. The van der Waals surface area contributed by atoms with Crippen molar-refractivity contribution >= 4 is 11.9 Å². The van der Waals surface area contributed by atoms with Crippen molar-refractivity contribution in [2.75, 3.05) is 13.2 Å². The van der Waals surface area contributed by atoms with E-state index in [9.17, 15) is 19.8 Å². The minimum atomic E-state index is -0.847. The Morgan fingerprint density at radius 2 is 0.654 bits per heavy atom. The summed E-state index contributed by atoms with van der Waals surface area (Å²) in [4.78, 5) is 24.6. The summed E-state index contributed by atoms with van der Waals surface area (Å²) >= 11 is 0. The van der Waals surface area contributed by atoms with E-state index in [1.54, 1.807) is 6.08 Å². The zero-order valence-electron chi connectivity index (χ0n) is 52.4. The number of unbranched alkanes of at least 4 members (excludes halogenated alkanes) is 48. The molecule has 3 N–H and O–H groups in total. The van der Waals surface area contributed by atoms with Crippen molar-refractivity contribution in [1.82, 2.24) is 5.32 Å². The average Bonchev–Trinajstić information content (AvgIpc) is 3.44. The first-order valence-electron chi connectivity index (χ1n) is 34.9. The Morgan fingerprint density at radius 1 is 0.359 bits per heavy atom. The van der Waals surface area contributed by atoms with Gasteiger partial charge in [-0.15, -0.1) is 0 Å². The van der Waals surface area contributed by atoms with Crippen LogP contribution in [0.4, 0.5) is 0 Å². The molecule has 0 spiro atoms. The van der Waals surface area contributed by atoms with Crippen LogP contribution in [-0.2, 0) is 14.3 Å². The number of aliphatic hydroxyl groups excluding tert-OH is 2. The Morgan fingerprint density at radius 3 is 1.03 bits per heavy atom. The molecule has 0 saturated heterocycles. The van der Waals surface area contributed by atoms with Crippen LogP contribution >= 0.6 is 0 Å².